The van der Waals surface area contributed by atoms with Gasteiger partial charge >= 0.3 is 0 Å². The van der Waals surface area contributed by atoms with Gasteiger partial charge in [0.1, 0.15) is 5.78 Å². The first-order valence-corrected chi connectivity index (χ1v) is 6.13. The fourth-order valence-corrected chi connectivity index (χ4v) is 1.66. The molecule has 0 saturated carbocycles. The standard InChI is InChI=1S/C12H16OS/c1-3-11(13)7-4-10-5-8-12(14-2)9-6-10/h5-6,8-9H,3-4,7H2,1-2H3. The fourth-order valence-electron chi connectivity index (χ4n) is 1.25. The molecule has 0 N–H and O–H groups in total. The van der Waals surface area contributed by atoms with Crippen molar-refractivity contribution in [3.8, 4) is 0 Å². The quantitative estimate of drug-likeness (QED) is 0.690. The predicted octanol–water partition coefficient (Wildman–Crippen LogP) is 3.32. The monoisotopic (exact) mass is 208 g/mol. The third kappa shape index (κ3) is 3.54. The average molecular weight is 208 g/mol. The Morgan fingerprint density at radius 2 is 1.93 bits per heavy atom. The number of hydrogen-bond donors (Lipinski definition) is 0. The highest BCUT2D eigenvalue weighted by Crippen LogP contribution is 2.15. The zero-order valence-corrected chi connectivity index (χ0v) is 9.56. The van der Waals surface area contributed by atoms with E-state index < -0.39 is 0 Å². The number of rotatable bonds is 5. The topological polar surface area (TPSA) is 17.1 Å². The van der Waals surface area contributed by atoms with Gasteiger partial charge in [-0.15, -0.1) is 11.8 Å². The molecule has 0 aromatic heterocycles. The molecule has 0 heterocycles. The summed E-state index contributed by atoms with van der Waals surface area (Å²) in [4.78, 5) is 12.4. The molecule has 0 unspecified atom stereocenters. The molecule has 1 nitrogen and oxygen atoms in total. The largest absolute Gasteiger partial charge is 0.300 e. The summed E-state index contributed by atoms with van der Waals surface area (Å²) >= 11 is 1.74. The average Bonchev–Trinajstić information content (AvgIpc) is 2.26. The zero-order chi connectivity index (χ0) is 10.4. The summed E-state index contributed by atoms with van der Waals surface area (Å²) in [7, 11) is 0. The molecule has 0 aliphatic carbocycles. The van der Waals surface area contributed by atoms with Gasteiger partial charge in [-0.2, -0.15) is 0 Å². The van der Waals surface area contributed by atoms with Crippen molar-refractivity contribution in [3.63, 3.8) is 0 Å². The minimum Gasteiger partial charge on any atom is -0.300 e. The maximum Gasteiger partial charge on any atom is 0.132 e. The molecule has 0 bridgehead atoms. The lowest BCUT2D eigenvalue weighted by Crippen LogP contribution is -1.97. The van der Waals surface area contributed by atoms with E-state index in [1.54, 1.807) is 11.8 Å². The lowest BCUT2D eigenvalue weighted by molar-refractivity contribution is -0.118. The van der Waals surface area contributed by atoms with E-state index in [4.69, 9.17) is 0 Å². The zero-order valence-electron chi connectivity index (χ0n) is 8.75. The molecule has 1 aromatic carbocycles. The number of benzene rings is 1. The van der Waals surface area contributed by atoms with Crippen molar-refractivity contribution >= 4 is 17.5 Å². The Kier molecular flexibility index (Phi) is 4.74. The van der Waals surface area contributed by atoms with Gasteiger partial charge < -0.3 is 0 Å². The number of hydrogen-bond acceptors (Lipinski definition) is 2. The highest BCUT2D eigenvalue weighted by molar-refractivity contribution is 7.98. The lowest BCUT2D eigenvalue weighted by atomic mass is 10.1. The third-order valence-corrected chi connectivity index (χ3v) is 2.99. The van der Waals surface area contributed by atoms with Crippen LogP contribution < -0.4 is 0 Å². The molecule has 14 heavy (non-hydrogen) atoms. The second kappa shape index (κ2) is 5.86. The number of carbonyl (C=O) groups is 1. The van der Waals surface area contributed by atoms with E-state index in [2.05, 4.69) is 30.5 Å². The Hall–Kier alpha value is -0.760. The van der Waals surface area contributed by atoms with E-state index in [0.717, 1.165) is 6.42 Å². The second-order valence-electron chi connectivity index (χ2n) is 3.24. The molecule has 1 rings (SSSR count). The SMILES string of the molecule is CCC(=O)CCc1ccc(SC)cc1. The maximum absolute atomic E-state index is 11.1. The summed E-state index contributed by atoms with van der Waals surface area (Å²) in [5.74, 6) is 0.346. The highest BCUT2D eigenvalue weighted by Gasteiger charge is 1.99. The predicted molar refractivity (Wildman–Crippen MR) is 61.8 cm³/mol. The molecule has 0 aliphatic rings. The molecule has 0 radical (unpaired) electrons. The van der Waals surface area contributed by atoms with Crippen molar-refractivity contribution in [1.82, 2.24) is 0 Å². The summed E-state index contributed by atoms with van der Waals surface area (Å²) in [5.41, 5.74) is 1.25. The van der Waals surface area contributed by atoms with E-state index in [9.17, 15) is 4.79 Å². The van der Waals surface area contributed by atoms with Crippen molar-refractivity contribution in [2.75, 3.05) is 6.26 Å². The smallest absolute Gasteiger partial charge is 0.132 e. The molecule has 0 spiro atoms. The van der Waals surface area contributed by atoms with Crippen LogP contribution in [0.4, 0.5) is 0 Å². The van der Waals surface area contributed by atoms with Crippen LogP contribution in [-0.4, -0.2) is 12.0 Å². The van der Waals surface area contributed by atoms with Crippen LogP contribution in [0.25, 0.3) is 0 Å². The fraction of sp³-hybridized carbons (Fsp3) is 0.417. The van der Waals surface area contributed by atoms with Gasteiger partial charge in [-0.25, -0.2) is 0 Å². The molecule has 0 saturated heterocycles. The molecule has 0 aliphatic heterocycles. The summed E-state index contributed by atoms with van der Waals surface area (Å²) in [6.07, 6.45) is 4.27. The van der Waals surface area contributed by atoms with Gasteiger partial charge in [0, 0.05) is 17.7 Å². The van der Waals surface area contributed by atoms with Gasteiger partial charge in [0.05, 0.1) is 0 Å². The summed E-state index contributed by atoms with van der Waals surface area (Å²) < 4.78 is 0. The summed E-state index contributed by atoms with van der Waals surface area (Å²) in [5, 5.41) is 0. The van der Waals surface area contributed by atoms with Crippen LogP contribution in [0.15, 0.2) is 29.2 Å². The van der Waals surface area contributed by atoms with E-state index in [0.29, 0.717) is 18.6 Å². The van der Waals surface area contributed by atoms with Gasteiger partial charge in [-0.1, -0.05) is 19.1 Å². The number of Topliss-reactive ketones (excluding diaryl/α,β-unsaturated/α-hetero) is 1. The number of ketones is 1. The van der Waals surface area contributed by atoms with Crippen molar-refractivity contribution in [3.05, 3.63) is 29.8 Å². The first-order chi connectivity index (χ1) is 6.76. The van der Waals surface area contributed by atoms with Crippen LogP contribution >= 0.6 is 11.8 Å². The van der Waals surface area contributed by atoms with Crippen LogP contribution in [0, 0.1) is 0 Å². The molecule has 76 valence electrons. The minimum atomic E-state index is 0.346. The Bertz CT molecular complexity index is 290. The highest BCUT2D eigenvalue weighted by atomic mass is 32.2. The van der Waals surface area contributed by atoms with Crippen LogP contribution in [0.5, 0.6) is 0 Å². The third-order valence-electron chi connectivity index (χ3n) is 2.25. The van der Waals surface area contributed by atoms with Crippen LogP contribution in [0.2, 0.25) is 0 Å². The molecular formula is C12H16OS. The van der Waals surface area contributed by atoms with Gasteiger partial charge in [-0.05, 0) is 30.4 Å². The van der Waals surface area contributed by atoms with Crippen molar-refractivity contribution in [2.45, 2.75) is 31.1 Å². The summed E-state index contributed by atoms with van der Waals surface area (Å²) in [6.45, 7) is 1.92. The first-order valence-electron chi connectivity index (χ1n) is 4.91. The first kappa shape index (κ1) is 11.3. The molecule has 0 amide bonds. The number of aryl methyl sites for hydroxylation is 1. The molecule has 0 atom stereocenters. The molecule has 1 aromatic rings. The molecule has 2 heteroatoms. The Labute approximate surface area is 89.9 Å². The Balaban J connectivity index is 2.47. The van der Waals surface area contributed by atoms with E-state index in [-0.39, 0.29) is 0 Å². The van der Waals surface area contributed by atoms with Crippen molar-refractivity contribution in [1.29, 1.82) is 0 Å². The van der Waals surface area contributed by atoms with E-state index in [1.165, 1.54) is 10.5 Å². The van der Waals surface area contributed by atoms with Crippen molar-refractivity contribution in [2.24, 2.45) is 0 Å². The minimum absolute atomic E-state index is 0.346. The summed E-state index contributed by atoms with van der Waals surface area (Å²) in [6, 6.07) is 8.43. The van der Waals surface area contributed by atoms with Gasteiger partial charge in [0.15, 0.2) is 0 Å². The second-order valence-corrected chi connectivity index (χ2v) is 4.12. The van der Waals surface area contributed by atoms with Crippen molar-refractivity contribution < 1.29 is 4.79 Å². The number of carbonyl (C=O) groups excluding carboxylic acids is 1. The van der Waals surface area contributed by atoms with Crippen LogP contribution in [-0.2, 0) is 11.2 Å². The Morgan fingerprint density at radius 3 is 2.43 bits per heavy atom. The van der Waals surface area contributed by atoms with E-state index in [1.807, 2.05) is 6.92 Å². The number of thioether (sulfide) groups is 1. The van der Waals surface area contributed by atoms with Crippen LogP contribution in [0.1, 0.15) is 25.3 Å². The lowest BCUT2D eigenvalue weighted by Gasteiger charge is -2.01. The van der Waals surface area contributed by atoms with Gasteiger partial charge in [-0.3, -0.25) is 4.79 Å². The molecular weight excluding hydrogens is 192 g/mol. The normalized spacial score (nSPS) is 10.1. The Morgan fingerprint density at radius 1 is 1.29 bits per heavy atom. The maximum atomic E-state index is 11.1. The van der Waals surface area contributed by atoms with Crippen LogP contribution in [0.3, 0.4) is 0 Å². The molecule has 0 fully saturated rings. The van der Waals surface area contributed by atoms with E-state index >= 15 is 0 Å². The van der Waals surface area contributed by atoms with Gasteiger partial charge in [0.25, 0.3) is 0 Å². The van der Waals surface area contributed by atoms with Gasteiger partial charge in [0.2, 0.25) is 0 Å².